The van der Waals surface area contributed by atoms with Crippen molar-refractivity contribution in [2.45, 2.75) is 64.0 Å². The first-order chi connectivity index (χ1) is 8.47. The van der Waals surface area contributed by atoms with Crippen molar-refractivity contribution in [3.8, 4) is 0 Å². The number of carbonyl (C=O) groups is 1. The lowest BCUT2D eigenvalue weighted by atomic mass is 9.93. The van der Waals surface area contributed by atoms with Crippen LogP contribution in [-0.4, -0.2) is 42.6 Å². The summed E-state index contributed by atoms with van der Waals surface area (Å²) in [7, 11) is 2.14. The fraction of sp³-hybridized carbons (Fsp3) is 0.929. The summed E-state index contributed by atoms with van der Waals surface area (Å²) in [4.78, 5) is 14.0. The Morgan fingerprint density at radius 2 is 2.00 bits per heavy atom. The average molecular weight is 256 g/mol. The molecule has 1 atom stereocenters. The zero-order chi connectivity index (χ0) is 13.6. The number of carbonyl (C=O) groups excluding carboxylic acids is 1. The van der Waals surface area contributed by atoms with Crippen LogP contribution >= 0.6 is 0 Å². The van der Waals surface area contributed by atoms with Crippen molar-refractivity contribution in [3.05, 3.63) is 0 Å². The van der Waals surface area contributed by atoms with Gasteiger partial charge in [-0.15, -0.1) is 0 Å². The molecule has 0 radical (unpaired) electrons. The zero-order valence-corrected chi connectivity index (χ0v) is 12.1. The topological polar surface area (TPSA) is 55.6 Å². The van der Waals surface area contributed by atoms with Crippen molar-refractivity contribution in [2.75, 3.05) is 20.2 Å². The molecule has 0 aliphatic heterocycles. The lowest BCUT2D eigenvalue weighted by Gasteiger charge is -2.33. The third-order valence-corrected chi connectivity index (χ3v) is 3.92. The van der Waals surface area contributed by atoms with Crippen molar-refractivity contribution in [3.63, 3.8) is 0 Å². The van der Waals surface area contributed by atoms with E-state index in [4.69, 9.17) is 10.5 Å². The predicted molar refractivity (Wildman–Crippen MR) is 73.3 cm³/mol. The van der Waals surface area contributed by atoms with Crippen molar-refractivity contribution < 1.29 is 9.53 Å². The molecule has 0 aromatic heterocycles. The Bertz CT molecular complexity index is 261. The summed E-state index contributed by atoms with van der Waals surface area (Å²) in [6, 6.07) is 0.664. The Morgan fingerprint density at radius 1 is 1.39 bits per heavy atom. The summed E-state index contributed by atoms with van der Waals surface area (Å²) < 4.78 is 5.00. The SMILES string of the molecule is CCOC(=O)C(C)(N)CCN(C)C1CCCCC1. The lowest BCUT2D eigenvalue weighted by molar-refractivity contribution is -0.149. The molecule has 1 aliphatic rings. The molecule has 2 N–H and O–H groups in total. The van der Waals surface area contributed by atoms with Gasteiger partial charge in [0.1, 0.15) is 5.54 Å². The van der Waals surface area contributed by atoms with Crippen molar-refractivity contribution in [1.82, 2.24) is 4.90 Å². The van der Waals surface area contributed by atoms with E-state index in [1.807, 2.05) is 6.92 Å². The van der Waals surface area contributed by atoms with Gasteiger partial charge in [0.15, 0.2) is 0 Å². The van der Waals surface area contributed by atoms with Gasteiger partial charge >= 0.3 is 5.97 Å². The van der Waals surface area contributed by atoms with Gasteiger partial charge < -0.3 is 15.4 Å². The normalized spacial score (nSPS) is 20.7. The number of rotatable bonds is 6. The summed E-state index contributed by atoms with van der Waals surface area (Å²) >= 11 is 0. The van der Waals surface area contributed by atoms with Crippen LogP contribution in [0.1, 0.15) is 52.4 Å². The highest BCUT2D eigenvalue weighted by molar-refractivity contribution is 5.79. The van der Waals surface area contributed by atoms with Crippen LogP contribution in [0, 0.1) is 0 Å². The van der Waals surface area contributed by atoms with Crippen LogP contribution in [0.3, 0.4) is 0 Å². The molecule has 1 unspecified atom stereocenters. The molecule has 1 aliphatic carbocycles. The molecule has 1 rings (SSSR count). The maximum absolute atomic E-state index is 11.7. The summed E-state index contributed by atoms with van der Waals surface area (Å²) in [5.74, 6) is -0.290. The molecule has 0 saturated heterocycles. The number of hydrogen-bond acceptors (Lipinski definition) is 4. The predicted octanol–water partition coefficient (Wildman–Crippen LogP) is 1.92. The van der Waals surface area contributed by atoms with Gasteiger partial charge in [-0.2, -0.15) is 0 Å². The number of nitrogens with zero attached hydrogens (tertiary/aromatic N) is 1. The fourth-order valence-corrected chi connectivity index (χ4v) is 2.51. The Hall–Kier alpha value is -0.610. The molecule has 0 aromatic carbocycles. The van der Waals surface area contributed by atoms with Crippen LogP contribution in [0.5, 0.6) is 0 Å². The zero-order valence-electron chi connectivity index (χ0n) is 12.1. The number of nitrogens with two attached hydrogens (primary N) is 1. The number of hydrogen-bond donors (Lipinski definition) is 1. The summed E-state index contributed by atoms with van der Waals surface area (Å²) in [5, 5.41) is 0. The van der Waals surface area contributed by atoms with E-state index in [1.165, 1.54) is 32.1 Å². The molecule has 0 heterocycles. The van der Waals surface area contributed by atoms with E-state index < -0.39 is 5.54 Å². The number of ether oxygens (including phenoxy) is 1. The highest BCUT2D eigenvalue weighted by Gasteiger charge is 2.30. The minimum absolute atomic E-state index is 0.290. The van der Waals surface area contributed by atoms with Gasteiger partial charge in [0.2, 0.25) is 0 Å². The van der Waals surface area contributed by atoms with E-state index in [1.54, 1.807) is 6.92 Å². The molecular weight excluding hydrogens is 228 g/mol. The minimum atomic E-state index is -0.862. The van der Waals surface area contributed by atoms with Gasteiger partial charge in [-0.05, 0) is 40.2 Å². The molecular formula is C14H28N2O2. The number of esters is 1. The molecule has 0 aromatic rings. The Kier molecular flexibility index (Phi) is 6.09. The molecule has 0 bridgehead atoms. The summed E-state index contributed by atoms with van der Waals surface area (Å²) in [6.07, 6.45) is 7.22. The smallest absolute Gasteiger partial charge is 0.325 e. The highest BCUT2D eigenvalue weighted by atomic mass is 16.5. The van der Waals surface area contributed by atoms with Crippen molar-refractivity contribution in [1.29, 1.82) is 0 Å². The standard InChI is InChI=1S/C14H28N2O2/c1-4-18-13(17)14(2,15)10-11-16(3)12-8-6-5-7-9-12/h12H,4-11,15H2,1-3H3. The monoisotopic (exact) mass is 256 g/mol. The van der Waals surface area contributed by atoms with Crippen LogP contribution in [0.2, 0.25) is 0 Å². The third-order valence-electron chi connectivity index (χ3n) is 3.92. The molecule has 18 heavy (non-hydrogen) atoms. The van der Waals surface area contributed by atoms with Gasteiger partial charge in [-0.1, -0.05) is 19.3 Å². The van der Waals surface area contributed by atoms with E-state index in [2.05, 4.69) is 11.9 Å². The van der Waals surface area contributed by atoms with Crippen LogP contribution in [0.4, 0.5) is 0 Å². The van der Waals surface area contributed by atoms with E-state index in [9.17, 15) is 4.79 Å². The van der Waals surface area contributed by atoms with Gasteiger partial charge in [-0.25, -0.2) is 0 Å². The molecule has 1 saturated carbocycles. The first kappa shape index (κ1) is 15.4. The fourth-order valence-electron chi connectivity index (χ4n) is 2.51. The summed E-state index contributed by atoms with van der Waals surface area (Å²) in [6.45, 7) is 4.82. The third kappa shape index (κ3) is 4.58. The molecule has 106 valence electrons. The molecule has 4 heteroatoms. The largest absolute Gasteiger partial charge is 0.465 e. The van der Waals surface area contributed by atoms with Gasteiger partial charge in [0.25, 0.3) is 0 Å². The van der Waals surface area contributed by atoms with Crippen LogP contribution in [-0.2, 0) is 9.53 Å². The van der Waals surface area contributed by atoms with Gasteiger partial charge in [-0.3, -0.25) is 4.79 Å². The first-order valence-corrected chi connectivity index (χ1v) is 7.13. The second kappa shape index (κ2) is 7.10. The maximum atomic E-state index is 11.7. The van der Waals surface area contributed by atoms with Crippen LogP contribution < -0.4 is 5.73 Å². The highest BCUT2D eigenvalue weighted by Crippen LogP contribution is 2.22. The molecule has 4 nitrogen and oxygen atoms in total. The lowest BCUT2D eigenvalue weighted by Crippen LogP contribution is -2.49. The Morgan fingerprint density at radius 3 is 2.56 bits per heavy atom. The molecule has 1 fully saturated rings. The Balaban J connectivity index is 2.35. The van der Waals surface area contributed by atoms with Gasteiger partial charge in [0.05, 0.1) is 6.61 Å². The molecule has 0 amide bonds. The Labute approximate surface area is 111 Å². The molecule has 0 spiro atoms. The average Bonchev–Trinajstić information content (AvgIpc) is 2.37. The second-order valence-electron chi connectivity index (χ2n) is 5.66. The van der Waals surface area contributed by atoms with Crippen LogP contribution in [0.25, 0.3) is 0 Å². The van der Waals surface area contributed by atoms with E-state index in [0.29, 0.717) is 19.1 Å². The van der Waals surface area contributed by atoms with Crippen LogP contribution in [0.15, 0.2) is 0 Å². The first-order valence-electron chi connectivity index (χ1n) is 7.13. The second-order valence-corrected chi connectivity index (χ2v) is 5.66. The minimum Gasteiger partial charge on any atom is -0.465 e. The van der Waals surface area contributed by atoms with Crippen molar-refractivity contribution >= 4 is 5.97 Å². The quantitative estimate of drug-likeness (QED) is 0.738. The van der Waals surface area contributed by atoms with Gasteiger partial charge in [0, 0.05) is 12.6 Å². The van der Waals surface area contributed by atoms with E-state index in [-0.39, 0.29) is 5.97 Å². The van der Waals surface area contributed by atoms with E-state index >= 15 is 0 Å². The summed E-state index contributed by atoms with van der Waals surface area (Å²) in [5.41, 5.74) is 5.16. The maximum Gasteiger partial charge on any atom is 0.325 e. The van der Waals surface area contributed by atoms with E-state index in [0.717, 1.165) is 6.54 Å². The van der Waals surface area contributed by atoms with Crippen molar-refractivity contribution in [2.24, 2.45) is 5.73 Å².